The third-order valence-corrected chi connectivity index (χ3v) is 1.63. The first-order chi connectivity index (χ1) is 6.19. The standard InChI is InChI=1S/C8H7N3O2.ClH/c9-4-6-1-2-7(5-10)8(3-6)11(12)13;/h1-3H,5,10H2;1H. The number of hydrogen-bond acceptors (Lipinski definition) is 4. The van der Waals surface area contributed by atoms with E-state index in [1.807, 2.05) is 6.07 Å². The molecule has 0 heterocycles. The smallest absolute Gasteiger partial charge is 0.275 e. The Bertz CT molecular complexity index is 387. The zero-order chi connectivity index (χ0) is 9.84. The maximum atomic E-state index is 10.5. The number of nitriles is 1. The first-order valence-electron chi connectivity index (χ1n) is 3.56. The SMILES string of the molecule is Cl.N#Cc1ccc(CN)c([N+](=O)[O-])c1. The molecule has 0 aromatic heterocycles. The lowest BCUT2D eigenvalue weighted by Crippen LogP contribution is -2.01. The second-order valence-electron chi connectivity index (χ2n) is 2.42. The minimum Gasteiger partial charge on any atom is -0.326 e. The Kier molecular flexibility index (Phi) is 4.56. The number of halogens is 1. The number of nitrogens with zero attached hydrogens (tertiary/aromatic N) is 2. The van der Waals surface area contributed by atoms with E-state index >= 15 is 0 Å². The van der Waals surface area contributed by atoms with Gasteiger partial charge < -0.3 is 5.73 Å². The second-order valence-corrected chi connectivity index (χ2v) is 2.42. The fraction of sp³-hybridized carbons (Fsp3) is 0.125. The molecule has 2 N–H and O–H groups in total. The quantitative estimate of drug-likeness (QED) is 0.593. The summed E-state index contributed by atoms with van der Waals surface area (Å²) in [6.07, 6.45) is 0. The van der Waals surface area contributed by atoms with Gasteiger partial charge in [-0.15, -0.1) is 12.4 Å². The van der Waals surface area contributed by atoms with E-state index in [0.717, 1.165) is 0 Å². The van der Waals surface area contributed by atoms with E-state index in [0.29, 0.717) is 5.56 Å². The molecule has 74 valence electrons. The lowest BCUT2D eigenvalue weighted by molar-refractivity contribution is -0.385. The molecule has 0 spiro atoms. The van der Waals surface area contributed by atoms with E-state index in [9.17, 15) is 10.1 Å². The number of benzene rings is 1. The topological polar surface area (TPSA) is 93.0 Å². The van der Waals surface area contributed by atoms with Gasteiger partial charge in [0.1, 0.15) is 0 Å². The molecule has 0 aliphatic rings. The lowest BCUT2D eigenvalue weighted by atomic mass is 10.1. The summed E-state index contributed by atoms with van der Waals surface area (Å²) in [6, 6.07) is 6.06. The molecule has 5 nitrogen and oxygen atoms in total. The Labute approximate surface area is 86.7 Å². The van der Waals surface area contributed by atoms with E-state index in [-0.39, 0.29) is 30.2 Å². The summed E-state index contributed by atoms with van der Waals surface area (Å²) in [6.45, 7) is 0.0992. The molecule has 0 unspecified atom stereocenters. The van der Waals surface area contributed by atoms with E-state index in [1.165, 1.54) is 18.2 Å². The van der Waals surface area contributed by atoms with Crippen molar-refractivity contribution in [3.63, 3.8) is 0 Å². The Morgan fingerprint density at radius 2 is 2.21 bits per heavy atom. The van der Waals surface area contributed by atoms with Crippen LogP contribution < -0.4 is 5.73 Å². The maximum Gasteiger partial charge on any atom is 0.275 e. The van der Waals surface area contributed by atoms with Crippen LogP contribution in [0, 0.1) is 21.4 Å². The first-order valence-corrected chi connectivity index (χ1v) is 3.56. The molecule has 0 radical (unpaired) electrons. The highest BCUT2D eigenvalue weighted by atomic mass is 35.5. The van der Waals surface area contributed by atoms with Gasteiger partial charge in [-0.3, -0.25) is 10.1 Å². The van der Waals surface area contributed by atoms with Gasteiger partial charge in [0.25, 0.3) is 5.69 Å². The van der Waals surface area contributed by atoms with Crippen molar-refractivity contribution in [2.24, 2.45) is 5.73 Å². The van der Waals surface area contributed by atoms with E-state index in [1.54, 1.807) is 0 Å². The van der Waals surface area contributed by atoms with Crippen LogP contribution in [-0.2, 0) is 6.54 Å². The van der Waals surface area contributed by atoms with Crippen molar-refractivity contribution in [3.05, 3.63) is 39.4 Å². The Morgan fingerprint density at radius 3 is 2.64 bits per heavy atom. The van der Waals surface area contributed by atoms with Crippen molar-refractivity contribution in [1.29, 1.82) is 5.26 Å². The van der Waals surface area contributed by atoms with Crippen LogP contribution in [0.25, 0.3) is 0 Å². The van der Waals surface area contributed by atoms with Crippen LogP contribution in [0.3, 0.4) is 0 Å². The summed E-state index contributed by atoms with van der Waals surface area (Å²) in [7, 11) is 0. The van der Waals surface area contributed by atoms with Gasteiger partial charge in [0.05, 0.1) is 16.6 Å². The predicted molar refractivity (Wildman–Crippen MR) is 53.0 cm³/mol. The van der Waals surface area contributed by atoms with Crippen LogP contribution in [0.1, 0.15) is 11.1 Å². The van der Waals surface area contributed by atoms with Crippen molar-refractivity contribution in [1.82, 2.24) is 0 Å². The average molecular weight is 214 g/mol. The first kappa shape index (κ1) is 12.4. The molecule has 0 saturated heterocycles. The fourth-order valence-electron chi connectivity index (χ4n) is 0.976. The molecule has 6 heteroatoms. The van der Waals surface area contributed by atoms with Gasteiger partial charge in [0.15, 0.2) is 0 Å². The van der Waals surface area contributed by atoms with Gasteiger partial charge in [-0.25, -0.2) is 0 Å². The highest BCUT2D eigenvalue weighted by molar-refractivity contribution is 5.85. The third kappa shape index (κ3) is 2.42. The van der Waals surface area contributed by atoms with E-state index in [4.69, 9.17) is 11.0 Å². The molecule has 0 amide bonds. The van der Waals surface area contributed by atoms with Crippen molar-refractivity contribution in [2.45, 2.75) is 6.54 Å². The second kappa shape index (κ2) is 5.17. The summed E-state index contributed by atoms with van der Waals surface area (Å²) >= 11 is 0. The number of nitro benzene ring substituents is 1. The Morgan fingerprint density at radius 1 is 1.57 bits per heavy atom. The van der Waals surface area contributed by atoms with Gasteiger partial charge in [-0.05, 0) is 12.1 Å². The molecule has 1 aromatic carbocycles. The minimum absolute atomic E-state index is 0. The predicted octanol–water partition coefficient (Wildman–Crippen LogP) is 1.35. The highest BCUT2D eigenvalue weighted by Gasteiger charge is 2.12. The van der Waals surface area contributed by atoms with Gasteiger partial charge in [0.2, 0.25) is 0 Å². The number of hydrogen-bond donors (Lipinski definition) is 1. The number of nitro groups is 1. The molecule has 0 aliphatic carbocycles. The van der Waals surface area contributed by atoms with Gasteiger partial charge >= 0.3 is 0 Å². The summed E-state index contributed by atoms with van der Waals surface area (Å²) in [5.74, 6) is 0. The minimum atomic E-state index is -0.539. The van der Waals surface area contributed by atoms with Crippen molar-refractivity contribution >= 4 is 18.1 Å². The van der Waals surface area contributed by atoms with Crippen LogP contribution in [-0.4, -0.2) is 4.92 Å². The summed E-state index contributed by atoms with van der Waals surface area (Å²) < 4.78 is 0. The molecule has 0 saturated carbocycles. The molecule has 0 aliphatic heterocycles. The lowest BCUT2D eigenvalue weighted by Gasteiger charge is -1.98. The zero-order valence-corrected chi connectivity index (χ0v) is 7.95. The molecule has 0 atom stereocenters. The molecule has 1 rings (SSSR count). The molecular formula is C8H8ClN3O2. The largest absolute Gasteiger partial charge is 0.326 e. The van der Waals surface area contributed by atoms with Crippen LogP contribution in [0.2, 0.25) is 0 Å². The Balaban J connectivity index is 0.00000169. The van der Waals surface area contributed by atoms with Crippen molar-refractivity contribution < 1.29 is 4.92 Å². The van der Waals surface area contributed by atoms with Crippen LogP contribution in [0.4, 0.5) is 5.69 Å². The third-order valence-electron chi connectivity index (χ3n) is 1.63. The van der Waals surface area contributed by atoms with Gasteiger partial charge in [0, 0.05) is 18.2 Å². The molecule has 1 aromatic rings. The average Bonchev–Trinajstić information content (AvgIpc) is 2.16. The maximum absolute atomic E-state index is 10.5. The van der Waals surface area contributed by atoms with Crippen molar-refractivity contribution in [3.8, 4) is 6.07 Å². The fourth-order valence-corrected chi connectivity index (χ4v) is 0.976. The molecular weight excluding hydrogens is 206 g/mol. The van der Waals surface area contributed by atoms with E-state index < -0.39 is 4.92 Å². The highest BCUT2D eigenvalue weighted by Crippen LogP contribution is 2.19. The summed E-state index contributed by atoms with van der Waals surface area (Å²) in [5, 5.41) is 19.0. The van der Waals surface area contributed by atoms with Crippen LogP contribution >= 0.6 is 12.4 Å². The molecule has 0 bridgehead atoms. The molecule has 14 heavy (non-hydrogen) atoms. The summed E-state index contributed by atoms with van der Waals surface area (Å²) in [4.78, 5) is 9.95. The van der Waals surface area contributed by atoms with Crippen LogP contribution in [0.15, 0.2) is 18.2 Å². The van der Waals surface area contributed by atoms with Gasteiger partial charge in [-0.1, -0.05) is 0 Å². The van der Waals surface area contributed by atoms with Gasteiger partial charge in [-0.2, -0.15) is 5.26 Å². The van der Waals surface area contributed by atoms with Crippen LogP contribution in [0.5, 0.6) is 0 Å². The zero-order valence-electron chi connectivity index (χ0n) is 7.14. The van der Waals surface area contributed by atoms with Crippen molar-refractivity contribution in [2.75, 3.05) is 0 Å². The Hall–Kier alpha value is -1.64. The summed E-state index contributed by atoms with van der Waals surface area (Å²) in [5.41, 5.74) is 5.90. The normalized spacial score (nSPS) is 8.57. The monoisotopic (exact) mass is 213 g/mol. The van der Waals surface area contributed by atoms with E-state index in [2.05, 4.69) is 0 Å². The number of rotatable bonds is 2. The molecule has 0 fully saturated rings. The number of nitrogens with two attached hydrogens (primary N) is 1.